The Morgan fingerprint density at radius 3 is 2.79 bits per heavy atom. The van der Waals surface area contributed by atoms with E-state index in [0.29, 0.717) is 30.8 Å². The van der Waals surface area contributed by atoms with Gasteiger partial charge in [-0.1, -0.05) is 0 Å². The summed E-state index contributed by atoms with van der Waals surface area (Å²) in [5.74, 6) is -0.781. The van der Waals surface area contributed by atoms with E-state index in [1.54, 1.807) is 6.92 Å². The normalized spacial score (nSPS) is 22.3. The second-order valence-electron chi connectivity index (χ2n) is 5.39. The molecule has 1 aliphatic rings. The molecule has 2 rings (SSSR count). The van der Waals surface area contributed by atoms with E-state index in [0.717, 1.165) is 11.4 Å². The first kappa shape index (κ1) is 13.3. The number of aromatic nitrogens is 1. The molecule has 1 saturated heterocycles. The van der Waals surface area contributed by atoms with Crippen molar-refractivity contribution in [2.75, 3.05) is 18.0 Å². The average Bonchev–Trinajstić information content (AvgIpc) is 2.72. The van der Waals surface area contributed by atoms with Crippen molar-refractivity contribution in [2.45, 2.75) is 27.2 Å². The first-order valence-corrected chi connectivity index (χ1v) is 6.24. The molecule has 1 atom stereocenters. The largest absolute Gasteiger partial charge is 0.481 e. The van der Waals surface area contributed by atoms with Gasteiger partial charge in [-0.3, -0.25) is 9.78 Å². The summed E-state index contributed by atoms with van der Waals surface area (Å²) in [6, 6.07) is 4.03. The van der Waals surface area contributed by atoms with E-state index >= 15 is 0 Å². The zero-order valence-corrected chi connectivity index (χ0v) is 11.4. The fraction of sp³-hybridized carbons (Fsp3) is 0.500. The van der Waals surface area contributed by atoms with Gasteiger partial charge in [0, 0.05) is 18.8 Å². The van der Waals surface area contributed by atoms with Crippen LogP contribution in [0.4, 0.5) is 5.69 Å². The number of hydrogen-bond donors (Lipinski definition) is 1. The molecule has 1 aliphatic heterocycles. The molecule has 0 radical (unpaired) electrons. The van der Waals surface area contributed by atoms with E-state index in [9.17, 15) is 15.2 Å². The van der Waals surface area contributed by atoms with Gasteiger partial charge in [-0.15, -0.1) is 0 Å². The minimum atomic E-state index is -0.781. The van der Waals surface area contributed by atoms with Crippen molar-refractivity contribution >= 4 is 11.7 Å². The lowest BCUT2D eigenvalue weighted by Crippen LogP contribution is -2.32. The van der Waals surface area contributed by atoms with Crippen molar-refractivity contribution in [3.63, 3.8) is 0 Å². The lowest BCUT2D eigenvalue weighted by atomic mass is 9.90. The van der Waals surface area contributed by atoms with Gasteiger partial charge >= 0.3 is 5.97 Å². The van der Waals surface area contributed by atoms with Crippen molar-refractivity contribution < 1.29 is 9.90 Å². The molecular weight excluding hydrogens is 242 g/mol. The molecule has 5 nitrogen and oxygen atoms in total. The standard InChI is InChI=1S/C14H17N3O2/c1-9-6-12(11(7-15)10(2)16-9)17-5-4-14(3,8-17)13(18)19/h6H,4-5,8H2,1-3H3,(H,18,19). The molecule has 1 unspecified atom stereocenters. The van der Waals surface area contributed by atoms with Crippen molar-refractivity contribution in [1.82, 2.24) is 4.98 Å². The summed E-state index contributed by atoms with van der Waals surface area (Å²) in [5.41, 5.74) is 2.15. The van der Waals surface area contributed by atoms with Gasteiger partial charge in [0.1, 0.15) is 6.07 Å². The molecule has 2 heterocycles. The number of nitriles is 1. The smallest absolute Gasteiger partial charge is 0.311 e. The number of aryl methyl sites for hydroxylation is 2. The van der Waals surface area contributed by atoms with Gasteiger partial charge in [0.15, 0.2) is 0 Å². The Labute approximate surface area is 112 Å². The van der Waals surface area contributed by atoms with Crippen LogP contribution in [0.15, 0.2) is 6.07 Å². The maximum atomic E-state index is 11.3. The third kappa shape index (κ3) is 2.26. The Morgan fingerprint density at radius 2 is 2.26 bits per heavy atom. The van der Waals surface area contributed by atoms with E-state index in [2.05, 4.69) is 11.1 Å². The van der Waals surface area contributed by atoms with Crippen molar-refractivity contribution in [3.05, 3.63) is 23.0 Å². The quantitative estimate of drug-likeness (QED) is 0.877. The molecule has 0 amide bonds. The van der Waals surface area contributed by atoms with Crippen LogP contribution >= 0.6 is 0 Å². The van der Waals surface area contributed by atoms with Crippen LogP contribution in [-0.2, 0) is 4.79 Å². The predicted molar refractivity (Wildman–Crippen MR) is 71.0 cm³/mol. The van der Waals surface area contributed by atoms with Crippen LogP contribution in [0.3, 0.4) is 0 Å². The van der Waals surface area contributed by atoms with Crippen LogP contribution in [0.1, 0.15) is 30.3 Å². The molecule has 100 valence electrons. The van der Waals surface area contributed by atoms with Gasteiger partial charge in [0.25, 0.3) is 0 Å². The Hall–Kier alpha value is -2.09. The summed E-state index contributed by atoms with van der Waals surface area (Å²) < 4.78 is 0. The fourth-order valence-electron chi connectivity index (χ4n) is 2.54. The highest BCUT2D eigenvalue weighted by molar-refractivity contribution is 5.77. The summed E-state index contributed by atoms with van der Waals surface area (Å²) in [6.07, 6.45) is 0.591. The monoisotopic (exact) mass is 259 g/mol. The van der Waals surface area contributed by atoms with E-state index in [1.165, 1.54) is 0 Å². The minimum Gasteiger partial charge on any atom is -0.481 e. The molecule has 5 heteroatoms. The molecule has 0 aromatic carbocycles. The fourth-order valence-corrected chi connectivity index (χ4v) is 2.54. The zero-order valence-electron chi connectivity index (χ0n) is 11.4. The van der Waals surface area contributed by atoms with Gasteiger partial charge in [0.05, 0.1) is 22.4 Å². The number of carbonyl (C=O) groups is 1. The van der Waals surface area contributed by atoms with Crippen LogP contribution in [0, 0.1) is 30.6 Å². The Morgan fingerprint density at radius 1 is 1.58 bits per heavy atom. The number of pyridine rings is 1. The van der Waals surface area contributed by atoms with Gasteiger partial charge in [-0.2, -0.15) is 5.26 Å². The van der Waals surface area contributed by atoms with Gasteiger partial charge in [0.2, 0.25) is 0 Å². The van der Waals surface area contributed by atoms with Crippen molar-refractivity contribution in [2.24, 2.45) is 5.41 Å². The van der Waals surface area contributed by atoms with Gasteiger partial charge in [-0.25, -0.2) is 0 Å². The molecule has 0 bridgehead atoms. The molecule has 0 aliphatic carbocycles. The number of rotatable bonds is 2. The number of aliphatic carboxylic acids is 1. The summed E-state index contributed by atoms with van der Waals surface area (Å²) in [5, 5.41) is 18.5. The van der Waals surface area contributed by atoms with E-state index in [1.807, 2.05) is 24.8 Å². The third-order valence-electron chi connectivity index (χ3n) is 3.75. The summed E-state index contributed by atoms with van der Waals surface area (Å²) in [6.45, 7) is 6.52. The Kier molecular flexibility index (Phi) is 3.19. The van der Waals surface area contributed by atoms with Crippen LogP contribution < -0.4 is 4.90 Å². The summed E-state index contributed by atoms with van der Waals surface area (Å²) >= 11 is 0. The Bertz CT molecular complexity index is 577. The first-order chi connectivity index (χ1) is 8.87. The van der Waals surface area contributed by atoms with Crippen molar-refractivity contribution in [1.29, 1.82) is 5.26 Å². The highest BCUT2D eigenvalue weighted by atomic mass is 16.4. The van der Waals surface area contributed by atoms with E-state index < -0.39 is 11.4 Å². The second kappa shape index (κ2) is 4.54. The number of nitrogens with zero attached hydrogens (tertiary/aromatic N) is 3. The SMILES string of the molecule is Cc1cc(N2CCC(C)(C(=O)O)C2)c(C#N)c(C)n1. The van der Waals surface area contributed by atoms with Crippen LogP contribution in [0.2, 0.25) is 0 Å². The number of carboxylic acids is 1. The Balaban J connectivity index is 2.40. The molecule has 1 N–H and O–H groups in total. The predicted octanol–water partition coefficient (Wildman–Crippen LogP) is 1.87. The zero-order chi connectivity index (χ0) is 14.2. The summed E-state index contributed by atoms with van der Waals surface area (Å²) in [4.78, 5) is 17.5. The lowest BCUT2D eigenvalue weighted by Gasteiger charge is -2.23. The number of hydrogen-bond acceptors (Lipinski definition) is 4. The van der Waals surface area contributed by atoms with Gasteiger partial charge < -0.3 is 10.0 Å². The molecule has 19 heavy (non-hydrogen) atoms. The number of carboxylic acid groups (broad SMARTS) is 1. The highest BCUT2D eigenvalue weighted by Crippen LogP contribution is 2.35. The molecule has 1 fully saturated rings. The van der Waals surface area contributed by atoms with E-state index in [-0.39, 0.29) is 0 Å². The summed E-state index contributed by atoms with van der Waals surface area (Å²) in [7, 11) is 0. The minimum absolute atomic E-state index is 0.430. The lowest BCUT2D eigenvalue weighted by molar-refractivity contribution is -0.146. The first-order valence-electron chi connectivity index (χ1n) is 6.24. The molecule has 0 spiro atoms. The topological polar surface area (TPSA) is 77.2 Å². The highest BCUT2D eigenvalue weighted by Gasteiger charge is 2.41. The average molecular weight is 259 g/mol. The molecule has 1 aromatic heterocycles. The third-order valence-corrected chi connectivity index (χ3v) is 3.75. The van der Waals surface area contributed by atoms with Crippen LogP contribution in [0.25, 0.3) is 0 Å². The maximum Gasteiger partial charge on any atom is 0.311 e. The van der Waals surface area contributed by atoms with Crippen LogP contribution in [0.5, 0.6) is 0 Å². The molecule has 1 aromatic rings. The maximum absolute atomic E-state index is 11.3. The second-order valence-corrected chi connectivity index (χ2v) is 5.39. The van der Waals surface area contributed by atoms with E-state index in [4.69, 9.17) is 0 Å². The van der Waals surface area contributed by atoms with Crippen LogP contribution in [-0.4, -0.2) is 29.1 Å². The van der Waals surface area contributed by atoms with Crippen molar-refractivity contribution in [3.8, 4) is 6.07 Å². The molecule has 0 saturated carbocycles. The van der Waals surface area contributed by atoms with Gasteiger partial charge in [-0.05, 0) is 33.3 Å². The molecular formula is C14H17N3O2. The number of anilines is 1.